The Hall–Kier alpha value is -2.64. The molecule has 0 spiro atoms. The summed E-state index contributed by atoms with van der Waals surface area (Å²) in [6.45, 7) is 1.95. The molecule has 2 aromatic heterocycles. The summed E-state index contributed by atoms with van der Waals surface area (Å²) in [6.07, 6.45) is 5.18. The maximum absolute atomic E-state index is 12.3. The maximum atomic E-state index is 12.3. The molecule has 122 valence electrons. The molecule has 0 saturated carbocycles. The Bertz CT molecular complexity index is 973. The summed E-state index contributed by atoms with van der Waals surface area (Å²) in [4.78, 5) is 9.25. The molecule has 0 aliphatic carbocycles. The summed E-state index contributed by atoms with van der Waals surface area (Å²) < 4.78 is 35.3. The van der Waals surface area contributed by atoms with Gasteiger partial charge in [0.15, 0.2) is 0 Å². The number of aryl methyl sites for hydroxylation is 1. The van der Waals surface area contributed by atoms with Crippen LogP contribution in [-0.2, 0) is 10.0 Å². The number of rotatable bonds is 4. The van der Waals surface area contributed by atoms with Gasteiger partial charge in [0.05, 0.1) is 10.6 Å². The van der Waals surface area contributed by atoms with Crippen molar-refractivity contribution in [3.63, 3.8) is 0 Å². The van der Waals surface area contributed by atoms with E-state index in [9.17, 15) is 12.9 Å². The van der Waals surface area contributed by atoms with E-state index in [2.05, 4.69) is 9.97 Å². The second-order valence-corrected chi connectivity index (χ2v) is 6.89. The third kappa shape index (κ3) is 3.17. The summed E-state index contributed by atoms with van der Waals surface area (Å²) in [6, 6.07) is 11.6. The molecular weight excluding hydrogens is 329 g/mol. The fourth-order valence-corrected chi connectivity index (χ4v) is 2.99. The van der Waals surface area contributed by atoms with E-state index in [4.69, 9.17) is 0 Å². The van der Waals surface area contributed by atoms with Gasteiger partial charge in [0, 0.05) is 35.3 Å². The maximum Gasteiger partial charge on any atom is 0.266 e. The molecule has 0 unspecified atom stereocenters. The van der Waals surface area contributed by atoms with Crippen molar-refractivity contribution in [2.24, 2.45) is 0 Å². The molecule has 0 fully saturated rings. The zero-order valence-corrected chi connectivity index (χ0v) is 13.6. The van der Waals surface area contributed by atoms with Crippen LogP contribution in [0.2, 0.25) is 0 Å². The number of benzene rings is 1. The molecule has 3 aromatic rings. The van der Waals surface area contributed by atoms with Gasteiger partial charge in [-0.15, -0.1) is 4.48 Å². The zero-order chi connectivity index (χ0) is 17.2. The first kappa shape index (κ1) is 16.2. The van der Waals surface area contributed by atoms with Crippen molar-refractivity contribution in [3.05, 3.63) is 66.6 Å². The van der Waals surface area contributed by atoms with Gasteiger partial charge in [-0.1, -0.05) is 18.2 Å². The number of aromatic nitrogens is 2. The van der Waals surface area contributed by atoms with Gasteiger partial charge in [-0.05, 0) is 41.7 Å². The lowest BCUT2D eigenvalue weighted by atomic mass is 10.00. The molecular formula is C17H14FN3O2S. The lowest BCUT2D eigenvalue weighted by molar-refractivity contribution is 0.425. The van der Waals surface area contributed by atoms with E-state index in [-0.39, 0.29) is 4.90 Å². The smallest absolute Gasteiger partial charge is 0.264 e. The largest absolute Gasteiger partial charge is 0.266 e. The van der Waals surface area contributed by atoms with Crippen molar-refractivity contribution >= 4 is 10.0 Å². The number of sulfonamides is 1. The Labute approximate surface area is 139 Å². The predicted molar refractivity (Wildman–Crippen MR) is 89.1 cm³/mol. The topological polar surface area (TPSA) is 72.0 Å². The molecule has 2 heterocycles. The van der Waals surface area contributed by atoms with Crippen molar-refractivity contribution in [1.82, 2.24) is 14.9 Å². The first-order valence-corrected chi connectivity index (χ1v) is 8.59. The van der Waals surface area contributed by atoms with E-state index >= 15 is 0 Å². The quantitative estimate of drug-likeness (QED) is 0.738. The molecule has 0 saturated heterocycles. The molecule has 5 nitrogen and oxygen atoms in total. The van der Waals surface area contributed by atoms with Gasteiger partial charge < -0.3 is 0 Å². The molecule has 1 N–H and O–H groups in total. The number of halogens is 1. The molecule has 0 atom stereocenters. The number of nitrogens with one attached hydrogen (secondary N) is 1. The molecule has 1 aromatic carbocycles. The lowest BCUT2D eigenvalue weighted by Crippen LogP contribution is -2.14. The third-order valence-electron chi connectivity index (χ3n) is 3.53. The van der Waals surface area contributed by atoms with Crippen LogP contribution in [0.3, 0.4) is 0 Å². The number of hydrogen-bond acceptors (Lipinski definition) is 4. The molecule has 24 heavy (non-hydrogen) atoms. The van der Waals surface area contributed by atoms with Gasteiger partial charge >= 0.3 is 0 Å². The summed E-state index contributed by atoms with van der Waals surface area (Å²) in [7, 11) is -4.11. The number of hydrogen-bond donors (Lipinski definition) is 1. The zero-order valence-electron chi connectivity index (χ0n) is 12.8. The molecule has 3 rings (SSSR count). The lowest BCUT2D eigenvalue weighted by Gasteiger charge is -2.10. The minimum Gasteiger partial charge on any atom is -0.264 e. The Kier molecular flexibility index (Phi) is 4.37. The van der Waals surface area contributed by atoms with Crippen LogP contribution in [0.1, 0.15) is 5.56 Å². The second-order valence-electron chi connectivity index (χ2n) is 5.26. The average Bonchev–Trinajstić information content (AvgIpc) is 2.62. The van der Waals surface area contributed by atoms with Crippen molar-refractivity contribution < 1.29 is 12.9 Å². The molecule has 0 amide bonds. The molecule has 0 radical (unpaired) electrons. The highest BCUT2D eigenvalue weighted by molar-refractivity contribution is 7.89. The molecule has 0 bridgehead atoms. The highest BCUT2D eigenvalue weighted by atomic mass is 32.2. The highest BCUT2D eigenvalue weighted by Gasteiger charge is 2.14. The Morgan fingerprint density at radius 3 is 2.46 bits per heavy atom. The standard InChI is InChI=1S/C17H14FN3O2S/c1-12-9-14(11-19-10-12)16-3-2-8-20-17(16)13-4-6-15(7-5-13)24(22,23)21-18/h2-11,21H,1H3. The Balaban J connectivity index is 2.08. The fraction of sp³-hybridized carbons (Fsp3) is 0.0588. The van der Waals surface area contributed by atoms with Crippen LogP contribution in [0.15, 0.2) is 66.0 Å². The van der Waals surface area contributed by atoms with E-state index in [0.717, 1.165) is 27.2 Å². The Morgan fingerprint density at radius 2 is 1.79 bits per heavy atom. The first-order valence-electron chi connectivity index (χ1n) is 7.11. The van der Waals surface area contributed by atoms with E-state index < -0.39 is 10.0 Å². The van der Waals surface area contributed by atoms with Crippen molar-refractivity contribution in [1.29, 1.82) is 0 Å². The van der Waals surface area contributed by atoms with Gasteiger partial charge in [-0.25, -0.2) is 8.42 Å². The van der Waals surface area contributed by atoms with Crippen molar-refractivity contribution in [3.8, 4) is 22.4 Å². The minimum atomic E-state index is -4.11. The summed E-state index contributed by atoms with van der Waals surface area (Å²) in [5, 5.41) is 0. The van der Waals surface area contributed by atoms with Gasteiger partial charge in [-0.3, -0.25) is 9.97 Å². The van der Waals surface area contributed by atoms with Crippen molar-refractivity contribution in [2.45, 2.75) is 11.8 Å². The monoisotopic (exact) mass is 343 g/mol. The van der Waals surface area contributed by atoms with Crippen LogP contribution in [0, 0.1) is 6.92 Å². The van der Waals surface area contributed by atoms with Crippen LogP contribution in [0.25, 0.3) is 22.4 Å². The van der Waals surface area contributed by atoms with E-state index in [1.165, 1.54) is 12.1 Å². The normalized spacial score (nSPS) is 11.4. The van der Waals surface area contributed by atoms with Crippen LogP contribution in [0.5, 0.6) is 0 Å². The average molecular weight is 343 g/mol. The summed E-state index contributed by atoms with van der Waals surface area (Å²) in [5.74, 6) is 0. The van der Waals surface area contributed by atoms with Crippen LogP contribution < -0.4 is 4.94 Å². The molecule has 0 aliphatic rings. The number of nitrogens with zero attached hydrogens (tertiary/aromatic N) is 2. The minimum absolute atomic E-state index is 0.150. The van der Waals surface area contributed by atoms with E-state index in [1.54, 1.807) is 30.7 Å². The van der Waals surface area contributed by atoms with Crippen LogP contribution in [-0.4, -0.2) is 18.4 Å². The summed E-state index contributed by atoms with van der Waals surface area (Å²) >= 11 is 0. The fourth-order valence-electron chi connectivity index (χ4n) is 2.41. The van der Waals surface area contributed by atoms with Gasteiger partial charge in [0.1, 0.15) is 0 Å². The molecule has 7 heteroatoms. The predicted octanol–water partition coefficient (Wildman–Crippen LogP) is 3.28. The highest BCUT2D eigenvalue weighted by Crippen LogP contribution is 2.30. The number of pyridine rings is 2. The van der Waals surface area contributed by atoms with Gasteiger partial charge in [-0.2, -0.15) is 0 Å². The second kappa shape index (κ2) is 6.46. The van der Waals surface area contributed by atoms with E-state index in [1.807, 2.05) is 25.1 Å². The van der Waals surface area contributed by atoms with Crippen LogP contribution in [0.4, 0.5) is 4.48 Å². The van der Waals surface area contributed by atoms with Crippen LogP contribution >= 0.6 is 0 Å². The van der Waals surface area contributed by atoms with Gasteiger partial charge in [0.2, 0.25) is 0 Å². The van der Waals surface area contributed by atoms with Gasteiger partial charge in [0.25, 0.3) is 10.0 Å². The first-order chi connectivity index (χ1) is 11.5. The SMILES string of the molecule is Cc1cncc(-c2cccnc2-c2ccc(S(=O)(=O)NF)cc2)c1. The molecule has 0 aliphatic heterocycles. The Morgan fingerprint density at radius 1 is 1.04 bits per heavy atom. The third-order valence-corrected chi connectivity index (χ3v) is 4.63. The van der Waals surface area contributed by atoms with Crippen molar-refractivity contribution in [2.75, 3.05) is 0 Å². The summed E-state index contributed by atoms with van der Waals surface area (Å²) in [5.41, 5.74) is 4.25. The van der Waals surface area contributed by atoms with E-state index in [0.29, 0.717) is 5.69 Å².